The van der Waals surface area contributed by atoms with Crippen molar-refractivity contribution in [1.82, 2.24) is 4.57 Å². The van der Waals surface area contributed by atoms with Crippen LogP contribution in [0.4, 0.5) is 4.39 Å². The van der Waals surface area contributed by atoms with Crippen LogP contribution < -0.4 is 24.4 Å². The smallest absolute Gasteiger partial charge is 0.271 e. The van der Waals surface area contributed by atoms with Crippen LogP contribution in [0.2, 0.25) is 0 Å². The standard InChI is InChI=1S/C39H28BrFN2O3S/c1-45-33-20-23(19-32(40)37(33)46-22-27-10-6-9-24-7-2-4-11-29(24)27)21-34-38(44)43-36(26-13-16-28(41)17-14-26)31-18-15-25-8-3-5-12-30(25)35(31)42-39(43)47-34/h2-14,16-17,19-21,36H,15,18,22H2,1H3/b34-21-/t36-/m1/s1. The van der Waals surface area contributed by atoms with Crippen molar-refractivity contribution in [3.63, 3.8) is 0 Å². The number of rotatable bonds is 6. The first-order chi connectivity index (χ1) is 23.0. The Morgan fingerprint density at radius 1 is 0.979 bits per heavy atom. The van der Waals surface area contributed by atoms with E-state index >= 15 is 0 Å². The Bertz CT molecular complexity index is 2410. The van der Waals surface area contributed by atoms with Gasteiger partial charge in [0.05, 0.1) is 27.9 Å². The number of aromatic nitrogens is 1. The van der Waals surface area contributed by atoms with Gasteiger partial charge in [-0.25, -0.2) is 9.38 Å². The molecule has 1 atom stereocenters. The molecule has 0 saturated heterocycles. The zero-order valence-electron chi connectivity index (χ0n) is 25.4. The van der Waals surface area contributed by atoms with Crippen molar-refractivity contribution in [3.05, 3.63) is 166 Å². The second-order valence-electron chi connectivity index (χ2n) is 11.6. The molecule has 5 nitrogen and oxygen atoms in total. The Morgan fingerprint density at radius 2 is 1.77 bits per heavy atom. The summed E-state index contributed by atoms with van der Waals surface area (Å²) < 4.78 is 29.1. The Morgan fingerprint density at radius 3 is 2.62 bits per heavy atom. The molecule has 232 valence electrons. The van der Waals surface area contributed by atoms with Gasteiger partial charge in [0, 0.05) is 5.56 Å². The topological polar surface area (TPSA) is 52.8 Å². The zero-order chi connectivity index (χ0) is 32.1. The lowest BCUT2D eigenvalue weighted by atomic mass is 9.83. The first kappa shape index (κ1) is 29.6. The van der Waals surface area contributed by atoms with E-state index < -0.39 is 0 Å². The van der Waals surface area contributed by atoms with Crippen LogP contribution >= 0.6 is 27.3 Å². The zero-order valence-corrected chi connectivity index (χ0v) is 27.8. The molecular weight excluding hydrogens is 675 g/mol. The summed E-state index contributed by atoms with van der Waals surface area (Å²) in [5, 5.41) is 2.30. The SMILES string of the molecule is COc1cc(/C=c2\sc3n(c2=O)[C@H](c2ccc(F)cc2)C2=C(N=3)c3ccccc3CC2)cc(Br)c1OCc1cccc2ccccc12. The van der Waals surface area contributed by atoms with Gasteiger partial charge in [-0.15, -0.1) is 0 Å². The van der Waals surface area contributed by atoms with E-state index in [9.17, 15) is 9.18 Å². The number of fused-ring (bicyclic) bond motifs is 4. The highest BCUT2D eigenvalue weighted by Gasteiger charge is 2.32. The van der Waals surface area contributed by atoms with E-state index in [4.69, 9.17) is 14.5 Å². The third-order valence-corrected chi connectivity index (χ3v) is 10.4. The predicted octanol–water partition coefficient (Wildman–Crippen LogP) is 7.96. The van der Waals surface area contributed by atoms with Crippen LogP contribution in [0.15, 0.2) is 123 Å². The average molecular weight is 704 g/mol. The largest absolute Gasteiger partial charge is 0.493 e. The maximum Gasteiger partial charge on any atom is 0.271 e. The summed E-state index contributed by atoms with van der Waals surface area (Å²) in [6, 6.07) is 32.6. The number of hydrogen-bond donors (Lipinski definition) is 0. The first-order valence-corrected chi connectivity index (χ1v) is 16.9. The van der Waals surface area contributed by atoms with Crippen LogP contribution in [0, 0.1) is 5.82 Å². The lowest BCUT2D eigenvalue weighted by Crippen LogP contribution is -2.38. The number of allylic oxidation sites excluding steroid dienone is 1. The van der Waals surface area contributed by atoms with Gasteiger partial charge in [-0.05, 0) is 97.7 Å². The highest BCUT2D eigenvalue weighted by atomic mass is 79.9. The van der Waals surface area contributed by atoms with Crippen molar-refractivity contribution >= 4 is 49.8 Å². The number of halogens is 2. The average Bonchev–Trinajstić information content (AvgIpc) is 3.40. The highest BCUT2D eigenvalue weighted by Crippen LogP contribution is 2.41. The van der Waals surface area contributed by atoms with Crippen LogP contribution in [0.3, 0.4) is 0 Å². The van der Waals surface area contributed by atoms with Crippen LogP contribution in [0.1, 0.15) is 40.3 Å². The summed E-state index contributed by atoms with van der Waals surface area (Å²) in [5.41, 5.74) is 6.89. The molecule has 0 unspecified atom stereocenters. The van der Waals surface area contributed by atoms with Crippen molar-refractivity contribution in [3.8, 4) is 11.5 Å². The Labute approximate surface area is 282 Å². The molecule has 6 aromatic rings. The molecule has 47 heavy (non-hydrogen) atoms. The molecule has 0 bridgehead atoms. The maximum atomic E-state index is 14.2. The molecule has 1 aliphatic carbocycles. The molecule has 0 radical (unpaired) electrons. The summed E-state index contributed by atoms with van der Waals surface area (Å²) in [5.74, 6) is 0.824. The molecule has 5 aromatic carbocycles. The van der Waals surface area contributed by atoms with Gasteiger partial charge in [-0.3, -0.25) is 9.36 Å². The van der Waals surface area contributed by atoms with Gasteiger partial charge in [0.15, 0.2) is 16.3 Å². The Kier molecular flexibility index (Phi) is 7.62. The van der Waals surface area contributed by atoms with Crippen molar-refractivity contribution in [1.29, 1.82) is 0 Å². The minimum Gasteiger partial charge on any atom is -0.493 e. The van der Waals surface area contributed by atoms with E-state index in [2.05, 4.69) is 52.3 Å². The fraction of sp³-hybridized carbons (Fsp3) is 0.128. The predicted molar refractivity (Wildman–Crippen MR) is 188 cm³/mol. The van der Waals surface area contributed by atoms with Crippen LogP contribution in [-0.2, 0) is 13.0 Å². The molecule has 1 aromatic heterocycles. The third kappa shape index (κ3) is 5.31. The van der Waals surface area contributed by atoms with Crippen molar-refractivity contribution in [2.75, 3.05) is 7.11 Å². The van der Waals surface area contributed by atoms with E-state index in [1.54, 1.807) is 23.8 Å². The molecule has 2 heterocycles. The lowest BCUT2D eigenvalue weighted by molar-refractivity contribution is 0.283. The number of thiazole rings is 1. The summed E-state index contributed by atoms with van der Waals surface area (Å²) in [6.45, 7) is 0.367. The minimum atomic E-state index is -0.372. The normalized spacial score (nSPS) is 15.6. The van der Waals surface area contributed by atoms with E-state index in [0.29, 0.717) is 31.9 Å². The van der Waals surface area contributed by atoms with Gasteiger partial charge in [0.25, 0.3) is 5.56 Å². The van der Waals surface area contributed by atoms with Crippen LogP contribution in [0.25, 0.3) is 22.5 Å². The Balaban J connectivity index is 1.20. The second-order valence-corrected chi connectivity index (χ2v) is 13.5. The molecule has 8 rings (SSSR count). The summed E-state index contributed by atoms with van der Waals surface area (Å²) in [7, 11) is 1.61. The first-order valence-electron chi connectivity index (χ1n) is 15.3. The summed E-state index contributed by atoms with van der Waals surface area (Å²) in [4.78, 5) is 19.9. The van der Waals surface area contributed by atoms with Gasteiger partial charge in [0.2, 0.25) is 0 Å². The summed E-state index contributed by atoms with van der Waals surface area (Å²) >= 11 is 5.05. The number of nitrogens with zero attached hydrogens (tertiary/aromatic N) is 2. The minimum absolute atomic E-state index is 0.139. The van der Waals surface area contributed by atoms with Crippen molar-refractivity contribution in [2.45, 2.75) is 25.5 Å². The highest BCUT2D eigenvalue weighted by molar-refractivity contribution is 9.10. The lowest BCUT2D eigenvalue weighted by Gasteiger charge is -2.30. The van der Waals surface area contributed by atoms with Gasteiger partial charge in [-0.1, -0.05) is 90.2 Å². The van der Waals surface area contributed by atoms with Gasteiger partial charge < -0.3 is 9.47 Å². The van der Waals surface area contributed by atoms with Crippen LogP contribution in [-0.4, -0.2) is 11.7 Å². The molecule has 2 aliphatic rings. The van der Waals surface area contributed by atoms with Gasteiger partial charge in [0.1, 0.15) is 12.4 Å². The number of ether oxygens (including phenoxy) is 2. The Hall–Kier alpha value is -4.79. The van der Waals surface area contributed by atoms with Crippen LogP contribution in [0.5, 0.6) is 11.5 Å². The molecule has 0 fully saturated rings. The van der Waals surface area contributed by atoms with Gasteiger partial charge >= 0.3 is 0 Å². The van der Waals surface area contributed by atoms with Gasteiger partial charge in [-0.2, -0.15) is 0 Å². The number of methoxy groups -OCH3 is 1. The third-order valence-electron chi connectivity index (χ3n) is 8.86. The monoisotopic (exact) mass is 702 g/mol. The molecule has 0 N–H and O–H groups in total. The number of benzene rings is 5. The molecule has 1 aliphatic heterocycles. The van der Waals surface area contributed by atoms with E-state index in [1.807, 2.05) is 48.5 Å². The fourth-order valence-corrected chi connectivity index (χ4v) is 8.23. The molecular formula is C39H28BrFN2O3S. The molecule has 0 amide bonds. The number of aryl methyl sites for hydroxylation is 1. The van der Waals surface area contributed by atoms with Crippen molar-refractivity contribution < 1.29 is 13.9 Å². The molecule has 0 spiro atoms. The fourth-order valence-electron chi connectivity index (χ4n) is 6.65. The quantitative estimate of drug-likeness (QED) is 0.177. The number of hydrogen-bond acceptors (Lipinski definition) is 5. The second kappa shape index (κ2) is 12.1. The van der Waals surface area contributed by atoms with E-state index in [-0.39, 0.29) is 17.4 Å². The molecule has 8 heteroatoms. The maximum absolute atomic E-state index is 14.2. The summed E-state index contributed by atoms with van der Waals surface area (Å²) in [6.07, 6.45) is 3.49. The molecule has 0 saturated carbocycles. The van der Waals surface area contributed by atoms with Crippen molar-refractivity contribution in [2.24, 2.45) is 4.99 Å². The van der Waals surface area contributed by atoms with E-state index in [1.165, 1.54) is 29.0 Å². The van der Waals surface area contributed by atoms with E-state index in [0.717, 1.165) is 57.1 Å².